The van der Waals surface area contributed by atoms with Gasteiger partial charge in [0.15, 0.2) is 0 Å². The van der Waals surface area contributed by atoms with E-state index in [1.165, 1.54) is 45.1 Å². The van der Waals surface area contributed by atoms with Crippen molar-refractivity contribution in [3.63, 3.8) is 0 Å². The Morgan fingerprint density at radius 3 is 2.75 bits per heavy atom. The van der Waals surface area contributed by atoms with Crippen molar-refractivity contribution in [2.75, 3.05) is 6.54 Å². The Kier molecular flexibility index (Phi) is 3.80. The standard InChI is InChI=1S/C18H32N2/c1-12(9-14-5-2-3-8-19-14)20-18-11-13-10-17(18)16-7-4-6-15(13)16/h12-20H,2-11H2,1H3. The molecule has 1 saturated heterocycles. The minimum Gasteiger partial charge on any atom is -0.314 e. The Hall–Kier alpha value is -0.0800. The van der Waals surface area contributed by atoms with E-state index in [0.29, 0.717) is 6.04 Å². The van der Waals surface area contributed by atoms with Gasteiger partial charge in [-0.2, -0.15) is 0 Å². The summed E-state index contributed by atoms with van der Waals surface area (Å²) in [5.41, 5.74) is 0. The first-order chi connectivity index (χ1) is 9.81. The summed E-state index contributed by atoms with van der Waals surface area (Å²) in [7, 11) is 0. The lowest BCUT2D eigenvalue weighted by molar-refractivity contribution is 0.194. The number of hydrogen-bond acceptors (Lipinski definition) is 2. The number of piperidine rings is 1. The predicted octanol–water partition coefficient (Wildman–Crippen LogP) is 3.32. The molecular formula is C18H32N2. The van der Waals surface area contributed by atoms with Crippen molar-refractivity contribution >= 4 is 0 Å². The summed E-state index contributed by atoms with van der Waals surface area (Å²) in [5, 5.41) is 7.74. The summed E-state index contributed by atoms with van der Waals surface area (Å²) in [6.45, 7) is 3.67. The molecule has 2 bridgehead atoms. The highest BCUT2D eigenvalue weighted by molar-refractivity contribution is 5.06. The first kappa shape index (κ1) is 13.6. The summed E-state index contributed by atoms with van der Waals surface area (Å²) in [6.07, 6.45) is 13.2. The topological polar surface area (TPSA) is 24.1 Å². The third kappa shape index (κ3) is 2.43. The summed E-state index contributed by atoms with van der Waals surface area (Å²) in [5.74, 6) is 4.36. The number of hydrogen-bond donors (Lipinski definition) is 2. The normalized spacial score (nSPS) is 48.5. The quantitative estimate of drug-likeness (QED) is 0.823. The maximum absolute atomic E-state index is 4.03. The summed E-state index contributed by atoms with van der Waals surface area (Å²) >= 11 is 0. The maximum atomic E-state index is 4.03. The molecule has 2 nitrogen and oxygen atoms in total. The van der Waals surface area contributed by atoms with Gasteiger partial charge in [0.1, 0.15) is 0 Å². The van der Waals surface area contributed by atoms with Crippen LogP contribution in [0.15, 0.2) is 0 Å². The second-order valence-electron chi connectivity index (χ2n) is 8.21. The van der Waals surface area contributed by atoms with Gasteiger partial charge in [-0.3, -0.25) is 0 Å². The van der Waals surface area contributed by atoms with E-state index in [-0.39, 0.29) is 0 Å². The van der Waals surface area contributed by atoms with Gasteiger partial charge in [0.25, 0.3) is 0 Å². The lowest BCUT2D eigenvalue weighted by atomic mass is 9.79. The first-order valence-corrected chi connectivity index (χ1v) is 9.30. The second kappa shape index (κ2) is 5.61. The van der Waals surface area contributed by atoms with Crippen LogP contribution in [-0.4, -0.2) is 24.7 Å². The molecule has 20 heavy (non-hydrogen) atoms. The average molecular weight is 276 g/mol. The Labute approximate surface area is 124 Å². The van der Waals surface area contributed by atoms with Crippen LogP contribution in [0.2, 0.25) is 0 Å². The molecule has 0 aromatic heterocycles. The molecule has 2 heteroatoms. The number of fused-ring (bicyclic) bond motifs is 5. The Bertz CT molecular complexity index is 336. The van der Waals surface area contributed by atoms with Crippen LogP contribution in [0.3, 0.4) is 0 Å². The molecular weight excluding hydrogens is 244 g/mol. The van der Waals surface area contributed by atoms with Crippen molar-refractivity contribution in [3.8, 4) is 0 Å². The van der Waals surface area contributed by atoms with Crippen molar-refractivity contribution in [2.24, 2.45) is 23.7 Å². The van der Waals surface area contributed by atoms with Gasteiger partial charge in [-0.25, -0.2) is 0 Å². The van der Waals surface area contributed by atoms with Crippen molar-refractivity contribution in [1.82, 2.24) is 10.6 Å². The summed E-state index contributed by atoms with van der Waals surface area (Å²) in [4.78, 5) is 0. The molecule has 4 fully saturated rings. The molecule has 0 aromatic rings. The monoisotopic (exact) mass is 276 g/mol. The molecule has 3 aliphatic carbocycles. The number of rotatable bonds is 4. The van der Waals surface area contributed by atoms with E-state index in [1.54, 1.807) is 19.3 Å². The van der Waals surface area contributed by atoms with E-state index in [9.17, 15) is 0 Å². The van der Waals surface area contributed by atoms with E-state index in [4.69, 9.17) is 0 Å². The Morgan fingerprint density at radius 1 is 1.00 bits per heavy atom. The van der Waals surface area contributed by atoms with Crippen LogP contribution in [0.5, 0.6) is 0 Å². The van der Waals surface area contributed by atoms with E-state index in [1.807, 2.05) is 0 Å². The molecule has 7 atom stereocenters. The summed E-state index contributed by atoms with van der Waals surface area (Å²) in [6, 6.07) is 2.34. The Morgan fingerprint density at radius 2 is 1.90 bits per heavy atom. The van der Waals surface area contributed by atoms with E-state index >= 15 is 0 Å². The molecule has 2 N–H and O–H groups in total. The second-order valence-corrected chi connectivity index (χ2v) is 8.21. The van der Waals surface area contributed by atoms with Crippen LogP contribution in [0.25, 0.3) is 0 Å². The summed E-state index contributed by atoms with van der Waals surface area (Å²) < 4.78 is 0. The fraction of sp³-hybridized carbons (Fsp3) is 1.00. The van der Waals surface area contributed by atoms with Crippen LogP contribution < -0.4 is 10.6 Å². The third-order valence-electron chi connectivity index (χ3n) is 6.98. The SMILES string of the molecule is CC(CC1CCCCN1)NC1CC2CC1C1CCCC21. The molecule has 0 aromatic carbocycles. The van der Waals surface area contributed by atoms with Gasteiger partial charge in [-0.1, -0.05) is 12.8 Å². The van der Waals surface area contributed by atoms with E-state index in [2.05, 4.69) is 17.6 Å². The highest BCUT2D eigenvalue weighted by Gasteiger charge is 2.53. The van der Waals surface area contributed by atoms with Crippen molar-refractivity contribution in [1.29, 1.82) is 0 Å². The van der Waals surface area contributed by atoms with Crippen molar-refractivity contribution < 1.29 is 0 Å². The van der Waals surface area contributed by atoms with E-state index in [0.717, 1.165) is 35.8 Å². The van der Waals surface area contributed by atoms with Gasteiger partial charge in [-0.15, -0.1) is 0 Å². The predicted molar refractivity (Wildman–Crippen MR) is 83.7 cm³/mol. The Balaban J connectivity index is 1.29. The van der Waals surface area contributed by atoms with Crippen LogP contribution in [-0.2, 0) is 0 Å². The van der Waals surface area contributed by atoms with Crippen LogP contribution in [0.4, 0.5) is 0 Å². The van der Waals surface area contributed by atoms with Crippen LogP contribution in [0, 0.1) is 23.7 Å². The zero-order chi connectivity index (χ0) is 13.5. The smallest absolute Gasteiger partial charge is 0.0103 e. The maximum Gasteiger partial charge on any atom is 0.0103 e. The van der Waals surface area contributed by atoms with E-state index < -0.39 is 0 Å². The fourth-order valence-corrected chi connectivity index (χ4v) is 6.25. The van der Waals surface area contributed by atoms with Gasteiger partial charge in [0.05, 0.1) is 0 Å². The van der Waals surface area contributed by atoms with Crippen molar-refractivity contribution in [3.05, 3.63) is 0 Å². The zero-order valence-corrected chi connectivity index (χ0v) is 13.1. The van der Waals surface area contributed by atoms with Gasteiger partial charge >= 0.3 is 0 Å². The van der Waals surface area contributed by atoms with Gasteiger partial charge in [0.2, 0.25) is 0 Å². The molecule has 0 spiro atoms. The lowest BCUT2D eigenvalue weighted by Gasteiger charge is -2.35. The minimum atomic E-state index is 0.704. The molecule has 7 unspecified atom stereocenters. The van der Waals surface area contributed by atoms with Gasteiger partial charge < -0.3 is 10.6 Å². The molecule has 1 heterocycles. The van der Waals surface area contributed by atoms with Crippen LogP contribution in [0.1, 0.15) is 64.7 Å². The van der Waals surface area contributed by atoms with Crippen LogP contribution >= 0.6 is 0 Å². The molecule has 114 valence electrons. The lowest BCUT2D eigenvalue weighted by Crippen LogP contribution is -2.46. The fourth-order valence-electron chi connectivity index (χ4n) is 6.25. The molecule has 1 aliphatic heterocycles. The molecule has 0 amide bonds. The molecule has 0 radical (unpaired) electrons. The average Bonchev–Trinajstić information content (AvgIpc) is 3.11. The largest absolute Gasteiger partial charge is 0.314 e. The zero-order valence-electron chi connectivity index (χ0n) is 13.1. The highest BCUT2D eigenvalue weighted by Crippen LogP contribution is 2.58. The minimum absolute atomic E-state index is 0.704. The van der Waals surface area contributed by atoms with Gasteiger partial charge in [-0.05, 0) is 82.1 Å². The molecule has 4 rings (SSSR count). The molecule has 3 saturated carbocycles. The molecule has 4 aliphatic rings. The third-order valence-corrected chi connectivity index (χ3v) is 6.98. The first-order valence-electron chi connectivity index (χ1n) is 9.30. The van der Waals surface area contributed by atoms with Crippen molar-refractivity contribution in [2.45, 2.75) is 82.8 Å². The van der Waals surface area contributed by atoms with Gasteiger partial charge in [0, 0.05) is 18.1 Å². The highest BCUT2D eigenvalue weighted by atomic mass is 15.0. The number of nitrogens with one attached hydrogen (secondary N) is 2.